The van der Waals surface area contributed by atoms with Crippen molar-refractivity contribution in [3.05, 3.63) is 59.7 Å². The standard InChI is InChI=1S/C20H25NO4/c1-4-14-21-19(22)25-16-12-10-15(11-13-16)20(23,5-2)17-8-6-7-9-18(17)24-3/h6-13,23H,4-5,14H2,1-3H3,(H,21,22). The first-order chi connectivity index (χ1) is 12.0. The molecule has 1 unspecified atom stereocenters. The van der Waals surface area contributed by atoms with E-state index in [9.17, 15) is 9.90 Å². The van der Waals surface area contributed by atoms with Gasteiger partial charge in [0.2, 0.25) is 0 Å². The number of amides is 1. The van der Waals surface area contributed by atoms with Crippen LogP contribution in [0.15, 0.2) is 48.5 Å². The van der Waals surface area contributed by atoms with Crippen molar-refractivity contribution in [3.63, 3.8) is 0 Å². The molecule has 0 radical (unpaired) electrons. The van der Waals surface area contributed by atoms with Crippen molar-refractivity contribution in [2.45, 2.75) is 32.3 Å². The van der Waals surface area contributed by atoms with Gasteiger partial charge in [0.25, 0.3) is 0 Å². The van der Waals surface area contributed by atoms with Gasteiger partial charge >= 0.3 is 6.09 Å². The summed E-state index contributed by atoms with van der Waals surface area (Å²) in [5, 5.41) is 13.9. The summed E-state index contributed by atoms with van der Waals surface area (Å²) in [6, 6.07) is 14.3. The second-order valence-electron chi connectivity index (χ2n) is 5.75. The van der Waals surface area contributed by atoms with Gasteiger partial charge < -0.3 is 19.9 Å². The van der Waals surface area contributed by atoms with Crippen LogP contribution in [-0.4, -0.2) is 24.9 Å². The van der Waals surface area contributed by atoms with Gasteiger partial charge in [-0.2, -0.15) is 0 Å². The Hall–Kier alpha value is -2.53. The molecule has 2 aromatic carbocycles. The Kier molecular flexibility index (Phi) is 6.42. The van der Waals surface area contributed by atoms with Gasteiger partial charge in [-0.25, -0.2) is 4.79 Å². The number of rotatable bonds is 7. The first-order valence-corrected chi connectivity index (χ1v) is 8.47. The summed E-state index contributed by atoms with van der Waals surface area (Å²) >= 11 is 0. The van der Waals surface area contributed by atoms with Crippen LogP contribution in [0.2, 0.25) is 0 Å². The van der Waals surface area contributed by atoms with Crippen LogP contribution in [0, 0.1) is 0 Å². The van der Waals surface area contributed by atoms with Gasteiger partial charge in [0, 0.05) is 12.1 Å². The highest BCUT2D eigenvalue weighted by Crippen LogP contribution is 2.38. The Morgan fingerprint density at radius 2 is 1.80 bits per heavy atom. The maximum Gasteiger partial charge on any atom is 0.412 e. The SMILES string of the molecule is CCCNC(=O)Oc1ccc(C(O)(CC)c2ccccc2OC)cc1. The van der Waals surface area contributed by atoms with Crippen molar-refractivity contribution in [2.75, 3.05) is 13.7 Å². The molecule has 2 N–H and O–H groups in total. The number of benzene rings is 2. The highest BCUT2D eigenvalue weighted by atomic mass is 16.6. The molecule has 0 fully saturated rings. The summed E-state index contributed by atoms with van der Waals surface area (Å²) in [4.78, 5) is 11.6. The lowest BCUT2D eigenvalue weighted by Gasteiger charge is -2.29. The van der Waals surface area contributed by atoms with Gasteiger partial charge in [0.05, 0.1) is 7.11 Å². The van der Waals surface area contributed by atoms with Crippen molar-refractivity contribution in [2.24, 2.45) is 0 Å². The number of hydrogen-bond acceptors (Lipinski definition) is 4. The molecule has 5 nitrogen and oxygen atoms in total. The van der Waals surface area contributed by atoms with E-state index in [0.717, 1.165) is 6.42 Å². The van der Waals surface area contributed by atoms with Crippen LogP contribution >= 0.6 is 0 Å². The first kappa shape index (κ1) is 18.8. The number of carbonyl (C=O) groups is 1. The molecule has 0 aliphatic rings. The maximum absolute atomic E-state index is 11.6. The largest absolute Gasteiger partial charge is 0.496 e. The second kappa shape index (κ2) is 8.53. The molecule has 0 saturated heterocycles. The van der Waals surface area contributed by atoms with Crippen LogP contribution in [0.3, 0.4) is 0 Å². The van der Waals surface area contributed by atoms with Gasteiger partial charge in [0.15, 0.2) is 0 Å². The number of carbonyl (C=O) groups excluding carboxylic acids is 1. The molecule has 2 rings (SSSR count). The van der Waals surface area contributed by atoms with E-state index >= 15 is 0 Å². The molecule has 134 valence electrons. The van der Waals surface area contributed by atoms with E-state index in [4.69, 9.17) is 9.47 Å². The fourth-order valence-corrected chi connectivity index (χ4v) is 2.71. The lowest BCUT2D eigenvalue weighted by Crippen LogP contribution is -2.28. The first-order valence-electron chi connectivity index (χ1n) is 8.47. The average molecular weight is 343 g/mol. The number of ether oxygens (including phenoxy) is 2. The fraction of sp³-hybridized carbons (Fsp3) is 0.350. The monoisotopic (exact) mass is 343 g/mol. The van der Waals surface area contributed by atoms with Crippen molar-refractivity contribution in [1.82, 2.24) is 5.32 Å². The zero-order valence-electron chi connectivity index (χ0n) is 14.9. The Morgan fingerprint density at radius 3 is 2.40 bits per heavy atom. The Bertz CT molecular complexity index is 699. The molecule has 2 aromatic rings. The molecule has 25 heavy (non-hydrogen) atoms. The van der Waals surface area contributed by atoms with E-state index < -0.39 is 11.7 Å². The highest BCUT2D eigenvalue weighted by Gasteiger charge is 2.32. The van der Waals surface area contributed by atoms with Crippen molar-refractivity contribution >= 4 is 6.09 Å². The summed E-state index contributed by atoms with van der Waals surface area (Å²) in [7, 11) is 1.58. The molecule has 0 aromatic heterocycles. The van der Waals surface area contributed by atoms with Crippen molar-refractivity contribution in [1.29, 1.82) is 0 Å². The highest BCUT2D eigenvalue weighted by molar-refractivity contribution is 5.70. The topological polar surface area (TPSA) is 67.8 Å². The third-order valence-electron chi connectivity index (χ3n) is 4.13. The normalized spacial score (nSPS) is 13.0. The predicted molar refractivity (Wildman–Crippen MR) is 97.0 cm³/mol. The minimum absolute atomic E-state index is 0.427. The molecule has 0 aliphatic heterocycles. The number of aliphatic hydroxyl groups is 1. The smallest absolute Gasteiger partial charge is 0.412 e. The van der Waals surface area contributed by atoms with Crippen LogP contribution in [0.1, 0.15) is 37.8 Å². The van der Waals surface area contributed by atoms with Gasteiger partial charge in [0.1, 0.15) is 17.1 Å². The van der Waals surface area contributed by atoms with E-state index in [1.54, 1.807) is 31.4 Å². The Labute approximate surface area is 148 Å². The predicted octanol–water partition coefficient (Wildman–Crippen LogP) is 3.84. The van der Waals surface area contributed by atoms with Crippen LogP contribution in [0.4, 0.5) is 4.79 Å². The zero-order chi connectivity index (χ0) is 18.3. The maximum atomic E-state index is 11.6. The molecular weight excluding hydrogens is 318 g/mol. The minimum Gasteiger partial charge on any atom is -0.496 e. The summed E-state index contributed by atoms with van der Waals surface area (Å²) in [5.41, 5.74) is 0.227. The van der Waals surface area contributed by atoms with Gasteiger partial charge in [-0.1, -0.05) is 44.2 Å². The molecule has 0 saturated carbocycles. The lowest BCUT2D eigenvalue weighted by molar-refractivity contribution is 0.0736. The minimum atomic E-state index is -1.18. The fourth-order valence-electron chi connectivity index (χ4n) is 2.71. The summed E-state index contributed by atoms with van der Waals surface area (Å²) in [6.45, 7) is 4.45. The van der Waals surface area contributed by atoms with E-state index in [1.165, 1.54) is 0 Å². The number of para-hydroxylation sites is 1. The zero-order valence-corrected chi connectivity index (χ0v) is 14.9. The molecule has 5 heteroatoms. The molecule has 0 heterocycles. The molecule has 1 atom stereocenters. The van der Waals surface area contributed by atoms with E-state index in [2.05, 4.69) is 5.32 Å². The number of nitrogens with one attached hydrogen (secondary N) is 1. The quantitative estimate of drug-likeness (QED) is 0.801. The van der Waals surface area contributed by atoms with Gasteiger partial charge in [-0.3, -0.25) is 0 Å². The molecule has 0 aliphatic carbocycles. The third-order valence-corrected chi connectivity index (χ3v) is 4.13. The summed E-state index contributed by atoms with van der Waals surface area (Å²) in [6.07, 6.45) is 0.839. The number of methoxy groups -OCH3 is 1. The van der Waals surface area contributed by atoms with Gasteiger partial charge in [-0.05, 0) is 36.6 Å². The molecule has 0 bridgehead atoms. The Balaban J connectivity index is 2.25. The molecule has 0 spiro atoms. The lowest BCUT2D eigenvalue weighted by atomic mass is 9.83. The van der Waals surface area contributed by atoms with E-state index in [-0.39, 0.29) is 0 Å². The van der Waals surface area contributed by atoms with Crippen LogP contribution in [0.5, 0.6) is 11.5 Å². The van der Waals surface area contributed by atoms with Crippen LogP contribution < -0.4 is 14.8 Å². The van der Waals surface area contributed by atoms with Crippen molar-refractivity contribution < 1.29 is 19.4 Å². The van der Waals surface area contributed by atoms with Gasteiger partial charge in [-0.15, -0.1) is 0 Å². The van der Waals surface area contributed by atoms with E-state index in [0.29, 0.717) is 35.6 Å². The summed E-state index contributed by atoms with van der Waals surface area (Å²) in [5.74, 6) is 1.06. The molecular formula is C20H25NO4. The number of hydrogen-bond donors (Lipinski definition) is 2. The molecule has 1 amide bonds. The Morgan fingerprint density at radius 1 is 1.12 bits per heavy atom. The third kappa shape index (κ3) is 4.31. The van der Waals surface area contributed by atoms with E-state index in [1.807, 2.05) is 38.1 Å². The van der Waals surface area contributed by atoms with Crippen molar-refractivity contribution in [3.8, 4) is 11.5 Å². The van der Waals surface area contributed by atoms with Crippen LogP contribution in [0.25, 0.3) is 0 Å². The average Bonchev–Trinajstić information content (AvgIpc) is 2.66. The second-order valence-corrected chi connectivity index (χ2v) is 5.75. The van der Waals surface area contributed by atoms with Crippen LogP contribution in [-0.2, 0) is 5.60 Å². The summed E-state index contributed by atoms with van der Waals surface area (Å²) < 4.78 is 10.6.